The predicted molar refractivity (Wildman–Crippen MR) is 63.3 cm³/mol. The van der Waals surface area contributed by atoms with Gasteiger partial charge in [-0.15, -0.1) is 0 Å². The molecule has 0 aliphatic carbocycles. The summed E-state index contributed by atoms with van der Waals surface area (Å²) in [6.45, 7) is 8.11. The van der Waals surface area contributed by atoms with E-state index >= 15 is 0 Å². The molecule has 2 heterocycles. The van der Waals surface area contributed by atoms with Gasteiger partial charge in [0.1, 0.15) is 6.17 Å². The largest absolute Gasteiger partial charge is 0.374 e. The highest BCUT2D eigenvalue weighted by atomic mass is 19.1. The van der Waals surface area contributed by atoms with E-state index in [4.69, 9.17) is 4.74 Å². The summed E-state index contributed by atoms with van der Waals surface area (Å²) in [5.74, 6) is 1.17. The third-order valence-electron chi connectivity index (χ3n) is 3.93. The fourth-order valence-electron chi connectivity index (χ4n) is 2.96. The van der Waals surface area contributed by atoms with Crippen molar-refractivity contribution in [1.29, 1.82) is 0 Å². The number of halogens is 1. The molecule has 0 spiro atoms. The minimum absolute atomic E-state index is 0.247. The van der Waals surface area contributed by atoms with E-state index < -0.39 is 6.17 Å². The number of rotatable bonds is 2. The Bertz CT molecular complexity index is 224. The fourth-order valence-corrected chi connectivity index (χ4v) is 2.96. The molecule has 0 aromatic rings. The molecule has 2 fully saturated rings. The number of hydrogen-bond donors (Lipinski definition) is 0. The number of nitrogens with zero attached hydrogens (tertiary/aromatic N) is 1. The van der Waals surface area contributed by atoms with Crippen LogP contribution in [0.2, 0.25) is 0 Å². The molecule has 3 heteroatoms. The van der Waals surface area contributed by atoms with E-state index in [1.165, 1.54) is 25.9 Å². The number of hydrogen-bond acceptors (Lipinski definition) is 2. The highest BCUT2D eigenvalue weighted by Crippen LogP contribution is 2.25. The summed E-state index contributed by atoms with van der Waals surface area (Å²) in [5, 5.41) is 0. The molecular weight excluding hydrogens is 205 g/mol. The number of piperidine rings is 1. The zero-order valence-corrected chi connectivity index (χ0v) is 10.5. The van der Waals surface area contributed by atoms with Gasteiger partial charge in [-0.05, 0) is 37.6 Å². The normalized spacial score (nSPS) is 42.2. The lowest BCUT2D eigenvalue weighted by molar-refractivity contribution is -0.0752. The molecule has 94 valence electrons. The van der Waals surface area contributed by atoms with E-state index in [0.717, 1.165) is 12.5 Å². The van der Waals surface area contributed by atoms with Gasteiger partial charge >= 0.3 is 0 Å². The van der Waals surface area contributed by atoms with E-state index in [2.05, 4.69) is 18.7 Å². The predicted octanol–water partition coefficient (Wildman–Crippen LogP) is 2.48. The first-order valence-electron chi connectivity index (χ1n) is 6.63. The molecule has 0 bridgehead atoms. The third-order valence-corrected chi connectivity index (χ3v) is 3.93. The second-order valence-electron chi connectivity index (χ2n) is 5.69. The van der Waals surface area contributed by atoms with Crippen molar-refractivity contribution in [3.05, 3.63) is 0 Å². The van der Waals surface area contributed by atoms with Crippen LogP contribution in [0.1, 0.15) is 33.1 Å². The van der Waals surface area contributed by atoms with Gasteiger partial charge in [0.05, 0.1) is 12.7 Å². The maximum Gasteiger partial charge on any atom is 0.124 e. The standard InChI is InChI=1S/C13H24FNO/c1-10-4-3-5-15(7-10)8-13-11(2)6-12(14)9-16-13/h10-13H,3-9H2,1-2H3/t10?,11-,12+,13-/m0/s1. The van der Waals surface area contributed by atoms with Crippen molar-refractivity contribution in [3.8, 4) is 0 Å². The molecule has 0 amide bonds. The van der Waals surface area contributed by atoms with Gasteiger partial charge in [0.2, 0.25) is 0 Å². The van der Waals surface area contributed by atoms with Crippen LogP contribution in [0, 0.1) is 11.8 Å². The van der Waals surface area contributed by atoms with Crippen LogP contribution in [0.3, 0.4) is 0 Å². The van der Waals surface area contributed by atoms with Gasteiger partial charge in [0.25, 0.3) is 0 Å². The first-order valence-corrected chi connectivity index (χ1v) is 6.63. The van der Waals surface area contributed by atoms with Crippen LogP contribution in [-0.4, -0.2) is 43.4 Å². The lowest BCUT2D eigenvalue weighted by atomic mass is 9.93. The number of likely N-dealkylation sites (tertiary alicyclic amines) is 1. The van der Waals surface area contributed by atoms with Crippen LogP contribution in [0.25, 0.3) is 0 Å². The van der Waals surface area contributed by atoms with Crippen molar-refractivity contribution >= 4 is 0 Å². The van der Waals surface area contributed by atoms with E-state index in [0.29, 0.717) is 18.9 Å². The zero-order chi connectivity index (χ0) is 11.5. The fraction of sp³-hybridized carbons (Fsp3) is 1.00. The smallest absolute Gasteiger partial charge is 0.124 e. The third kappa shape index (κ3) is 3.17. The van der Waals surface area contributed by atoms with E-state index in [-0.39, 0.29) is 6.10 Å². The maximum atomic E-state index is 13.1. The van der Waals surface area contributed by atoms with E-state index in [9.17, 15) is 4.39 Å². The number of alkyl halides is 1. The first-order chi connectivity index (χ1) is 7.65. The van der Waals surface area contributed by atoms with Gasteiger partial charge in [-0.2, -0.15) is 0 Å². The van der Waals surface area contributed by atoms with Crippen molar-refractivity contribution in [1.82, 2.24) is 4.90 Å². The van der Waals surface area contributed by atoms with Gasteiger partial charge in [0.15, 0.2) is 0 Å². The van der Waals surface area contributed by atoms with E-state index in [1.54, 1.807) is 0 Å². The molecule has 0 aromatic carbocycles. The maximum absolute atomic E-state index is 13.1. The monoisotopic (exact) mass is 229 g/mol. The van der Waals surface area contributed by atoms with Crippen molar-refractivity contribution in [2.75, 3.05) is 26.2 Å². The van der Waals surface area contributed by atoms with Crippen molar-refractivity contribution in [2.45, 2.75) is 45.4 Å². The average molecular weight is 229 g/mol. The topological polar surface area (TPSA) is 12.5 Å². The zero-order valence-electron chi connectivity index (χ0n) is 10.5. The summed E-state index contributed by atoms with van der Waals surface area (Å²) >= 11 is 0. The Morgan fingerprint density at radius 2 is 2.19 bits per heavy atom. The van der Waals surface area contributed by atoms with Crippen LogP contribution in [0.15, 0.2) is 0 Å². The molecule has 2 rings (SSSR count). The summed E-state index contributed by atoms with van der Waals surface area (Å²) in [5.41, 5.74) is 0. The first kappa shape index (κ1) is 12.3. The molecule has 2 nitrogen and oxygen atoms in total. The Labute approximate surface area is 98.1 Å². The Hall–Kier alpha value is -0.150. The van der Waals surface area contributed by atoms with Gasteiger partial charge in [-0.3, -0.25) is 0 Å². The van der Waals surface area contributed by atoms with Gasteiger partial charge in [-0.25, -0.2) is 4.39 Å². The molecule has 2 saturated heterocycles. The van der Waals surface area contributed by atoms with Crippen LogP contribution in [-0.2, 0) is 4.74 Å². The summed E-state index contributed by atoms with van der Waals surface area (Å²) in [6.07, 6.45) is 2.83. The van der Waals surface area contributed by atoms with Crippen molar-refractivity contribution < 1.29 is 9.13 Å². The second-order valence-corrected chi connectivity index (χ2v) is 5.69. The summed E-state index contributed by atoms with van der Waals surface area (Å²) < 4.78 is 18.7. The van der Waals surface area contributed by atoms with Gasteiger partial charge in [-0.1, -0.05) is 13.8 Å². The molecule has 1 unspecified atom stereocenters. The molecular formula is C13H24FNO. The molecule has 0 saturated carbocycles. The Morgan fingerprint density at radius 1 is 1.38 bits per heavy atom. The SMILES string of the molecule is CC1CCCN(C[C@@H]2OC[C@H](F)C[C@@H]2C)C1. The van der Waals surface area contributed by atoms with Gasteiger partial charge < -0.3 is 9.64 Å². The Kier molecular flexibility index (Phi) is 4.20. The Morgan fingerprint density at radius 3 is 2.88 bits per heavy atom. The van der Waals surface area contributed by atoms with Crippen LogP contribution in [0.5, 0.6) is 0 Å². The molecule has 0 radical (unpaired) electrons. The van der Waals surface area contributed by atoms with Crippen LogP contribution < -0.4 is 0 Å². The average Bonchev–Trinajstić information content (AvgIpc) is 2.22. The minimum Gasteiger partial charge on any atom is -0.374 e. The lowest BCUT2D eigenvalue weighted by Crippen LogP contribution is -2.45. The summed E-state index contributed by atoms with van der Waals surface area (Å²) in [6, 6.07) is 0. The van der Waals surface area contributed by atoms with Gasteiger partial charge in [0, 0.05) is 13.1 Å². The second kappa shape index (κ2) is 5.46. The molecule has 2 aliphatic rings. The van der Waals surface area contributed by atoms with E-state index in [1.807, 2.05) is 0 Å². The molecule has 2 aliphatic heterocycles. The molecule has 0 aromatic heterocycles. The van der Waals surface area contributed by atoms with Crippen LogP contribution in [0.4, 0.5) is 4.39 Å². The Balaban J connectivity index is 1.80. The van der Waals surface area contributed by atoms with Crippen LogP contribution >= 0.6 is 0 Å². The highest BCUT2D eigenvalue weighted by molar-refractivity contribution is 4.80. The molecule has 4 atom stereocenters. The summed E-state index contributed by atoms with van der Waals surface area (Å²) in [7, 11) is 0. The summed E-state index contributed by atoms with van der Waals surface area (Å²) in [4.78, 5) is 2.49. The number of ether oxygens (including phenoxy) is 1. The lowest BCUT2D eigenvalue weighted by Gasteiger charge is -2.38. The van der Waals surface area contributed by atoms with Crippen molar-refractivity contribution in [3.63, 3.8) is 0 Å². The minimum atomic E-state index is -0.744. The van der Waals surface area contributed by atoms with Crippen molar-refractivity contribution in [2.24, 2.45) is 11.8 Å². The molecule has 16 heavy (non-hydrogen) atoms. The highest BCUT2D eigenvalue weighted by Gasteiger charge is 2.30. The quantitative estimate of drug-likeness (QED) is 0.721. The molecule has 0 N–H and O–H groups in total.